The summed E-state index contributed by atoms with van der Waals surface area (Å²) in [6, 6.07) is 4.97. The first kappa shape index (κ1) is 17.7. The summed E-state index contributed by atoms with van der Waals surface area (Å²) in [5.74, 6) is 0.853. The molecule has 3 heterocycles. The highest BCUT2D eigenvalue weighted by molar-refractivity contribution is 7.10. The van der Waals surface area contributed by atoms with E-state index in [0.29, 0.717) is 6.04 Å². The van der Waals surface area contributed by atoms with Crippen molar-refractivity contribution in [3.63, 3.8) is 0 Å². The quantitative estimate of drug-likeness (QED) is 0.630. The number of guanidine groups is 1. The standard InChI is InChI=1S/C18H30N4OS/c1-18(2,16-7-5-9-24-16)13-21-17(19-3)20-10-15-11-22-8-4-6-14(22)12-23-15/h5,7,9,14-15H,4,6,8,10-13H2,1-3H3,(H2,19,20,21). The Kier molecular flexibility index (Phi) is 5.79. The smallest absolute Gasteiger partial charge is 0.191 e. The van der Waals surface area contributed by atoms with Gasteiger partial charge in [-0.3, -0.25) is 9.89 Å². The van der Waals surface area contributed by atoms with Crippen LogP contribution in [0.3, 0.4) is 0 Å². The Morgan fingerprint density at radius 2 is 2.33 bits per heavy atom. The fraction of sp³-hybridized carbons (Fsp3) is 0.722. The molecule has 0 saturated carbocycles. The summed E-state index contributed by atoms with van der Waals surface area (Å²) in [4.78, 5) is 8.32. The molecule has 134 valence electrons. The highest BCUT2D eigenvalue weighted by atomic mass is 32.1. The molecule has 6 heteroatoms. The Balaban J connectivity index is 1.44. The molecule has 0 bridgehead atoms. The fourth-order valence-corrected chi connectivity index (χ4v) is 4.35. The molecule has 2 unspecified atom stereocenters. The van der Waals surface area contributed by atoms with Gasteiger partial charge in [-0.25, -0.2) is 0 Å². The number of hydrogen-bond acceptors (Lipinski definition) is 4. The minimum absolute atomic E-state index is 0.0932. The summed E-state index contributed by atoms with van der Waals surface area (Å²) in [5.41, 5.74) is 0.0932. The Labute approximate surface area is 149 Å². The molecule has 0 aromatic carbocycles. The van der Waals surface area contributed by atoms with Gasteiger partial charge in [0.15, 0.2) is 5.96 Å². The van der Waals surface area contributed by atoms with Gasteiger partial charge in [-0.05, 0) is 30.8 Å². The summed E-state index contributed by atoms with van der Waals surface area (Å²) in [5, 5.41) is 9.02. The minimum Gasteiger partial charge on any atom is -0.373 e. The molecule has 0 spiro atoms. The van der Waals surface area contributed by atoms with Crippen molar-refractivity contribution in [2.75, 3.05) is 39.8 Å². The molecule has 0 radical (unpaired) electrons. The van der Waals surface area contributed by atoms with Crippen molar-refractivity contribution < 1.29 is 4.74 Å². The summed E-state index contributed by atoms with van der Waals surface area (Å²) < 4.78 is 6.01. The molecule has 2 N–H and O–H groups in total. The number of ether oxygens (including phenoxy) is 1. The topological polar surface area (TPSA) is 48.9 Å². The first-order valence-corrected chi connectivity index (χ1v) is 9.80. The molecule has 2 aliphatic rings. The van der Waals surface area contributed by atoms with E-state index < -0.39 is 0 Å². The zero-order valence-electron chi connectivity index (χ0n) is 15.0. The van der Waals surface area contributed by atoms with E-state index in [-0.39, 0.29) is 11.5 Å². The molecule has 2 fully saturated rings. The first-order valence-electron chi connectivity index (χ1n) is 8.92. The number of rotatable bonds is 5. The highest BCUT2D eigenvalue weighted by Crippen LogP contribution is 2.26. The second-order valence-corrected chi connectivity index (χ2v) is 8.36. The molecule has 24 heavy (non-hydrogen) atoms. The van der Waals surface area contributed by atoms with Crippen LogP contribution in [0.5, 0.6) is 0 Å². The van der Waals surface area contributed by atoms with Crippen LogP contribution >= 0.6 is 11.3 Å². The van der Waals surface area contributed by atoms with Crippen LogP contribution in [0.15, 0.2) is 22.5 Å². The number of thiophene rings is 1. The number of nitrogens with one attached hydrogen (secondary N) is 2. The summed E-state index contributed by atoms with van der Waals surface area (Å²) in [6.07, 6.45) is 2.86. The SMILES string of the molecule is CN=C(NCC1CN2CCCC2CO1)NCC(C)(C)c1cccs1. The van der Waals surface area contributed by atoms with Crippen LogP contribution in [0.2, 0.25) is 0 Å². The second-order valence-electron chi connectivity index (χ2n) is 7.41. The molecule has 2 aliphatic heterocycles. The Hall–Kier alpha value is -1.11. The van der Waals surface area contributed by atoms with Crippen LogP contribution in [0, 0.1) is 0 Å². The van der Waals surface area contributed by atoms with E-state index in [1.807, 2.05) is 18.4 Å². The molecule has 2 atom stereocenters. The number of aliphatic imine (C=N–C) groups is 1. The number of morpholine rings is 1. The first-order chi connectivity index (χ1) is 11.6. The third-order valence-corrected chi connectivity index (χ3v) is 6.30. The van der Waals surface area contributed by atoms with E-state index in [1.165, 1.54) is 24.3 Å². The van der Waals surface area contributed by atoms with Gasteiger partial charge in [-0.15, -0.1) is 11.3 Å². The van der Waals surface area contributed by atoms with E-state index in [9.17, 15) is 0 Å². The van der Waals surface area contributed by atoms with Gasteiger partial charge in [-0.1, -0.05) is 19.9 Å². The molecule has 0 aliphatic carbocycles. The molecule has 3 rings (SSSR count). The zero-order valence-corrected chi connectivity index (χ0v) is 15.9. The lowest BCUT2D eigenvalue weighted by Crippen LogP contribution is -2.52. The van der Waals surface area contributed by atoms with Crippen LogP contribution in [0.25, 0.3) is 0 Å². The normalized spacial score (nSPS) is 25.5. The Morgan fingerprint density at radius 3 is 3.08 bits per heavy atom. The lowest BCUT2D eigenvalue weighted by molar-refractivity contribution is -0.0453. The average Bonchev–Trinajstić information content (AvgIpc) is 3.26. The van der Waals surface area contributed by atoms with Crippen LogP contribution in [-0.4, -0.2) is 62.8 Å². The van der Waals surface area contributed by atoms with Gasteiger partial charge in [0.05, 0.1) is 12.7 Å². The second kappa shape index (κ2) is 7.85. The van der Waals surface area contributed by atoms with E-state index in [0.717, 1.165) is 32.2 Å². The van der Waals surface area contributed by atoms with Gasteiger partial charge < -0.3 is 15.4 Å². The van der Waals surface area contributed by atoms with Crippen LogP contribution in [0.4, 0.5) is 0 Å². The summed E-state index contributed by atoms with van der Waals surface area (Å²) in [6.45, 7) is 9.33. The van der Waals surface area contributed by atoms with Crippen molar-refractivity contribution in [3.8, 4) is 0 Å². The maximum absolute atomic E-state index is 6.01. The van der Waals surface area contributed by atoms with Gasteiger partial charge in [0, 0.05) is 43.0 Å². The van der Waals surface area contributed by atoms with Crippen LogP contribution < -0.4 is 10.6 Å². The number of fused-ring (bicyclic) bond motifs is 1. The number of hydrogen-bond donors (Lipinski definition) is 2. The Morgan fingerprint density at radius 1 is 1.46 bits per heavy atom. The van der Waals surface area contributed by atoms with Crippen molar-refractivity contribution >= 4 is 17.3 Å². The van der Waals surface area contributed by atoms with Crippen molar-refractivity contribution in [1.82, 2.24) is 15.5 Å². The van der Waals surface area contributed by atoms with Crippen molar-refractivity contribution in [3.05, 3.63) is 22.4 Å². The monoisotopic (exact) mass is 350 g/mol. The zero-order chi connectivity index (χ0) is 17.0. The Bertz CT molecular complexity index is 543. The third-order valence-electron chi connectivity index (χ3n) is 5.07. The van der Waals surface area contributed by atoms with Gasteiger partial charge in [-0.2, -0.15) is 0 Å². The largest absolute Gasteiger partial charge is 0.373 e. The van der Waals surface area contributed by atoms with E-state index in [4.69, 9.17) is 4.74 Å². The van der Waals surface area contributed by atoms with Crippen LogP contribution in [0.1, 0.15) is 31.6 Å². The predicted octanol–water partition coefficient (Wildman–Crippen LogP) is 2.05. The fourth-order valence-electron chi connectivity index (χ4n) is 3.50. The lowest BCUT2D eigenvalue weighted by atomic mass is 9.91. The highest BCUT2D eigenvalue weighted by Gasteiger charge is 2.32. The van der Waals surface area contributed by atoms with Crippen molar-refractivity contribution in [2.24, 2.45) is 4.99 Å². The molecule has 1 aromatic rings. The van der Waals surface area contributed by atoms with E-state index in [2.05, 4.69) is 51.9 Å². The van der Waals surface area contributed by atoms with E-state index >= 15 is 0 Å². The third kappa shape index (κ3) is 4.29. The average molecular weight is 351 g/mol. The molecule has 1 aromatic heterocycles. The maximum Gasteiger partial charge on any atom is 0.191 e. The van der Waals surface area contributed by atoms with Gasteiger partial charge in [0.1, 0.15) is 0 Å². The van der Waals surface area contributed by atoms with Crippen molar-refractivity contribution in [2.45, 2.75) is 44.2 Å². The molecule has 5 nitrogen and oxygen atoms in total. The summed E-state index contributed by atoms with van der Waals surface area (Å²) >= 11 is 1.81. The summed E-state index contributed by atoms with van der Waals surface area (Å²) in [7, 11) is 1.83. The minimum atomic E-state index is 0.0932. The molecule has 0 amide bonds. The number of nitrogens with zero attached hydrogens (tertiary/aromatic N) is 2. The molecule has 2 saturated heterocycles. The van der Waals surface area contributed by atoms with Gasteiger partial charge in [0.25, 0.3) is 0 Å². The van der Waals surface area contributed by atoms with E-state index in [1.54, 1.807) is 0 Å². The predicted molar refractivity (Wildman–Crippen MR) is 101 cm³/mol. The molecular weight excluding hydrogens is 320 g/mol. The van der Waals surface area contributed by atoms with Gasteiger partial charge >= 0.3 is 0 Å². The lowest BCUT2D eigenvalue weighted by Gasteiger charge is -2.35. The van der Waals surface area contributed by atoms with Gasteiger partial charge in [0.2, 0.25) is 0 Å². The molecular formula is C18H30N4OS. The van der Waals surface area contributed by atoms with Crippen molar-refractivity contribution in [1.29, 1.82) is 0 Å². The van der Waals surface area contributed by atoms with Crippen LogP contribution in [-0.2, 0) is 10.2 Å². The maximum atomic E-state index is 6.01.